The van der Waals surface area contributed by atoms with E-state index in [0.29, 0.717) is 4.73 Å². The average molecular weight is 389 g/mol. The van der Waals surface area contributed by atoms with Crippen molar-refractivity contribution in [2.24, 2.45) is 0 Å². The molecule has 3 heterocycles. The number of nitrogens with zero attached hydrogens (tertiary/aromatic N) is 3. The number of aromatic hydroxyl groups is 2. The molecule has 0 unspecified atom stereocenters. The molecule has 3 rings (SSSR count). The molecule has 0 aliphatic carbocycles. The van der Waals surface area contributed by atoms with Crippen LogP contribution in [0.2, 0.25) is 0 Å². The molecule has 3 aromatic rings. The standard InChI is InChI=1S/C17H15N3O4S2/c21-14-7-8-15(22)20(14)24-16(23)11-17(25-12-5-1-3-9-18-12)26-13-6-2-4-10-19-13/h1-10,17,21-22H,11H2. The van der Waals surface area contributed by atoms with Gasteiger partial charge in [-0.1, -0.05) is 35.7 Å². The smallest absolute Gasteiger partial charge is 0.335 e. The van der Waals surface area contributed by atoms with E-state index in [2.05, 4.69) is 9.97 Å². The third kappa shape index (κ3) is 4.93. The van der Waals surface area contributed by atoms with Crippen LogP contribution in [-0.2, 0) is 4.79 Å². The number of carbonyl (C=O) groups excluding carboxylic acids is 1. The van der Waals surface area contributed by atoms with Gasteiger partial charge in [-0.15, -0.1) is 4.73 Å². The molecular formula is C17H15N3O4S2. The number of hydrogen-bond acceptors (Lipinski definition) is 8. The Kier molecular flexibility index (Phi) is 6.03. The Morgan fingerprint density at radius 1 is 0.962 bits per heavy atom. The summed E-state index contributed by atoms with van der Waals surface area (Å²) < 4.78 is 0.420. The maximum absolute atomic E-state index is 12.3. The van der Waals surface area contributed by atoms with E-state index in [0.717, 1.165) is 10.1 Å². The zero-order valence-electron chi connectivity index (χ0n) is 13.4. The Balaban J connectivity index is 1.71. The predicted octanol–water partition coefficient (Wildman–Crippen LogP) is 2.95. The highest BCUT2D eigenvalue weighted by Gasteiger charge is 2.21. The predicted molar refractivity (Wildman–Crippen MR) is 97.9 cm³/mol. The van der Waals surface area contributed by atoms with E-state index in [1.54, 1.807) is 12.4 Å². The molecule has 0 saturated carbocycles. The van der Waals surface area contributed by atoms with Gasteiger partial charge in [0.1, 0.15) is 0 Å². The quantitative estimate of drug-likeness (QED) is 0.470. The van der Waals surface area contributed by atoms with Gasteiger partial charge in [-0.25, -0.2) is 14.8 Å². The SMILES string of the molecule is O=C(CC(Sc1ccccn1)Sc1ccccn1)On1c(O)ccc1O. The number of thioether (sulfide) groups is 2. The minimum Gasteiger partial charge on any atom is -0.492 e. The van der Waals surface area contributed by atoms with E-state index in [1.165, 1.54) is 35.7 Å². The van der Waals surface area contributed by atoms with E-state index in [4.69, 9.17) is 4.84 Å². The second kappa shape index (κ2) is 8.63. The summed E-state index contributed by atoms with van der Waals surface area (Å²) in [4.78, 5) is 25.8. The monoisotopic (exact) mass is 389 g/mol. The second-order valence-electron chi connectivity index (χ2n) is 5.01. The molecule has 0 amide bonds. The lowest BCUT2D eigenvalue weighted by Crippen LogP contribution is -2.21. The summed E-state index contributed by atoms with van der Waals surface area (Å²) in [5.74, 6) is -1.33. The van der Waals surface area contributed by atoms with Crippen molar-refractivity contribution in [3.8, 4) is 11.8 Å². The number of rotatable bonds is 7. The van der Waals surface area contributed by atoms with Crippen molar-refractivity contribution >= 4 is 29.5 Å². The van der Waals surface area contributed by atoms with Crippen LogP contribution in [0.25, 0.3) is 0 Å². The van der Waals surface area contributed by atoms with Crippen LogP contribution in [0.4, 0.5) is 0 Å². The summed E-state index contributed by atoms with van der Waals surface area (Å²) in [6, 6.07) is 13.5. The highest BCUT2D eigenvalue weighted by Crippen LogP contribution is 2.36. The van der Waals surface area contributed by atoms with E-state index in [1.807, 2.05) is 36.4 Å². The van der Waals surface area contributed by atoms with Gasteiger partial charge in [0.05, 0.1) is 21.1 Å². The first-order valence-corrected chi connectivity index (χ1v) is 9.34. The lowest BCUT2D eigenvalue weighted by molar-refractivity contribution is -0.145. The Morgan fingerprint density at radius 2 is 1.50 bits per heavy atom. The van der Waals surface area contributed by atoms with Crippen LogP contribution in [0.15, 0.2) is 71.0 Å². The van der Waals surface area contributed by atoms with Gasteiger partial charge < -0.3 is 15.1 Å². The highest BCUT2D eigenvalue weighted by atomic mass is 32.2. The maximum Gasteiger partial charge on any atom is 0.335 e. The Bertz CT molecular complexity index is 798. The second-order valence-corrected chi connectivity index (χ2v) is 7.76. The fraction of sp³-hybridized carbons (Fsp3) is 0.118. The van der Waals surface area contributed by atoms with Crippen LogP contribution in [0.3, 0.4) is 0 Å². The number of aromatic nitrogens is 3. The first kappa shape index (κ1) is 18.2. The third-order valence-corrected chi connectivity index (χ3v) is 5.51. The maximum atomic E-state index is 12.3. The normalized spacial score (nSPS) is 10.8. The van der Waals surface area contributed by atoms with Crippen molar-refractivity contribution in [3.05, 3.63) is 60.9 Å². The summed E-state index contributed by atoms with van der Waals surface area (Å²) in [6.45, 7) is 0. The summed E-state index contributed by atoms with van der Waals surface area (Å²) in [5.41, 5.74) is 0. The zero-order chi connectivity index (χ0) is 18.4. The molecule has 2 N–H and O–H groups in total. The van der Waals surface area contributed by atoms with Gasteiger partial charge in [0.15, 0.2) is 0 Å². The summed E-state index contributed by atoms with van der Waals surface area (Å²) in [7, 11) is 0. The fourth-order valence-corrected chi connectivity index (χ4v) is 4.30. The molecule has 0 fully saturated rings. The lowest BCUT2D eigenvalue weighted by Gasteiger charge is -2.15. The van der Waals surface area contributed by atoms with Gasteiger partial charge in [0.2, 0.25) is 11.8 Å². The van der Waals surface area contributed by atoms with E-state index >= 15 is 0 Å². The molecule has 0 bridgehead atoms. The topological polar surface area (TPSA) is 97.5 Å². The molecule has 0 aliphatic rings. The van der Waals surface area contributed by atoms with E-state index in [-0.39, 0.29) is 22.8 Å². The first-order valence-electron chi connectivity index (χ1n) is 7.58. The third-order valence-electron chi connectivity index (χ3n) is 3.10. The molecule has 0 atom stereocenters. The van der Waals surface area contributed by atoms with Crippen molar-refractivity contribution in [1.29, 1.82) is 0 Å². The van der Waals surface area contributed by atoms with Crippen LogP contribution < -0.4 is 4.84 Å². The van der Waals surface area contributed by atoms with Crippen LogP contribution in [-0.4, -0.2) is 35.5 Å². The van der Waals surface area contributed by atoms with Crippen LogP contribution in [0.5, 0.6) is 11.8 Å². The van der Waals surface area contributed by atoms with E-state index < -0.39 is 5.97 Å². The number of pyridine rings is 2. The molecule has 9 heteroatoms. The van der Waals surface area contributed by atoms with Gasteiger partial charge in [0.25, 0.3) is 0 Å². The molecule has 0 spiro atoms. The van der Waals surface area contributed by atoms with Crippen molar-refractivity contribution in [2.45, 2.75) is 21.1 Å². The van der Waals surface area contributed by atoms with E-state index in [9.17, 15) is 15.0 Å². The van der Waals surface area contributed by atoms with Crippen LogP contribution in [0.1, 0.15) is 6.42 Å². The van der Waals surface area contributed by atoms with Crippen molar-refractivity contribution < 1.29 is 19.8 Å². The highest BCUT2D eigenvalue weighted by molar-refractivity contribution is 8.17. The molecule has 26 heavy (non-hydrogen) atoms. The van der Waals surface area contributed by atoms with Crippen molar-refractivity contribution in [2.75, 3.05) is 0 Å². The number of carbonyl (C=O) groups is 1. The summed E-state index contributed by atoms with van der Waals surface area (Å²) in [5, 5.41) is 20.7. The average Bonchev–Trinajstić information content (AvgIpc) is 2.95. The number of hydrogen-bond donors (Lipinski definition) is 2. The van der Waals surface area contributed by atoms with Gasteiger partial charge >= 0.3 is 5.97 Å². The molecule has 0 saturated heterocycles. The molecule has 0 radical (unpaired) electrons. The first-order chi connectivity index (χ1) is 12.6. The molecule has 0 aromatic carbocycles. The van der Waals surface area contributed by atoms with Crippen molar-refractivity contribution in [1.82, 2.24) is 14.7 Å². The van der Waals surface area contributed by atoms with Gasteiger partial charge in [0, 0.05) is 24.5 Å². The Labute approximate surface area is 158 Å². The molecule has 3 aromatic heterocycles. The molecule has 7 nitrogen and oxygen atoms in total. The molecule has 134 valence electrons. The van der Waals surface area contributed by atoms with Crippen molar-refractivity contribution in [3.63, 3.8) is 0 Å². The minimum atomic E-state index is -0.608. The summed E-state index contributed by atoms with van der Waals surface area (Å²) >= 11 is 2.82. The molecular weight excluding hydrogens is 374 g/mol. The summed E-state index contributed by atoms with van der Waals surface area (Å²) in [6.07, 6.45) is 3.37. The Hall–Kier alpha value is -2.65. The van der Waals surface area contributed by atoms with Gasteiger partial charge in [-0.05, 0) is 24.3 Å². The fourth-order valence-electron chi connectivity index (χ4n) is 1.98. The van der Waals surface area contributed by atoms with Gasteiger partial charge in [-0.3, -0.25) is 0 Å². The van der Waals surface area contributed by atoms with Gasteiger partial charge in [-0.2, -0.15) is 0 Å². The van der Waals surface area contributed by atoms with Crippen LogP contribution >= 0.6 is 23.5 Å². The van der Waals surface area contributed by atoms with Crippen LogP contribution in [0, 0.1) is 0 Å². The Morgan fingerprint density at radius 3 is 1.96 bits per heavy atom. The lowest BCUT2D eigenvalue weighted by atomic mass is 10.5. The largest absolute Gasteiger partial charge is 0.492 e. The minimum absolute atomic E-state index is 0.0134. The zero-order valence-corrected chi connectivity index (χ0v) is 15.1. The molecule has 0 aliphatic heterocycles.